The fourth-order valence-electron chi connectivity index (χ4n) is 1.63. The molecule has 1 aromatic carbocycles. The Hall–Kier alpha value is -1.97. The molecule has 0 amide bonds. The van der Waals surface area contributed by atoms with Gasteiger partial charge in [0.1, 0.15) is 5.75 Å². The van der Waals surface area contributed by atoms with E-state index in [0.29, 0.717) is 11.7 Å². The van der Waals surface area contributed by atoms with Crippen LogP contribution < -0.4 is 10.5 Å². The minimum atomic E-state index is 0.329. The van der Waals surface area contributed by atoms with E-state index in [9.17, 15) is 0 Å². The third-order valence-corrected chi connectivity index (χ3v) is 2.42. The number of benzene rings is 1. The number of nitrogen functional groups attached to an aromatic ring is 1. The second-order valence-corrected chi connectivity index (χ2v) is 4.43. The summed E-state index contributed by atoms with van der Waals surface area (Å²) in [4.78, 5) is 0. The average Bonchev–Trinajstić information content (AvgIpc) is 2.64. The first-order valence-corrected chi connectivity index (χ1v) is 5.64. The first kappa shape index (κ1) is 11.5. The quantitative estimate of drug-likeness (QED) is 0.825. The predicted octanol–water partition coefficient (Wildman–Crippen LogP) is 3.15. The second-order valence-electron chi connectivity index (χ2n) is 4.43. The van der Waals surface area contributed by atoms with Gasteiger partial charge in [0, 0.05) is 17.8 Å². The predicted molar refractivity (Wildman–Crippen MR) is 68.3 cm³/mol. The maximum atomic E-state index is 5.77. The Bertz CT molecular complexity index is 497. The van der Waals surface area contributed by atoms with Crippen LogP contribution in [0.3, 0.4) is 0 Å². The lowest BCUT2D eigenvalue weighted by Gasteiger charge is -2.06. The highest BCUT2D eigenvalue weighted by atomic mass is 16.5. The van der Waals surface area contributed by atoms with Crippen molar-refractivity contribution in [2.24, 2.45) is 0 Å². The van der Waals surface area contributed by atoms with E-state index >= 15 is 0 Å². The summed E-state index contributed by atoms with van der Waals surface area (Å²) in [6.45, 7) is 6.13. The lowest BCUT2D eigenvalue weighted by atomic mass is 10.2. The van der Waals surface area contributed by atoms with Crippen molar-refractivity contribution in [2.45, 2.75) is 26.8 Å². The van der Waals surface area contributed by atoms with Gasteiger partial charge in [-0.2, -0.15) is 5.10 Å². The fourth-order valence-corrected chi connectivity index (χ4v) is 1.63. The Kier molecular flexibility index (Phi) is 3.04. The van der Waals surface area contributed by atoms with Crippen molar-refractivity contribution in [3.8, 4) is 11.5 Å². The first-order valence-electron chi connectivity index (χ1n) is 5.64. The largest absolute Gasteiger partial charge is 0.454 e. The summed E-state index contributed by atoms with van der Waals surface area (Å²) in [5.41, 5.74) is 7.55. The van der Waals surface area contributed by atoms with Crippen LogP contribution in [0.25, 0.3) is 0 Å². The SMILES string of the molecule is Cc1cc(N)cc(Oc2cnn(C(C)C)c2)c1. The Labute approximate surface area is 101 Å². The zero-order valence-corrected chi connectivity index (χ0v) is 10.3. The minimum Gasteiger partial charge on any atom is -0.454 e. The van der Waals surface area contributed by atoms with E-state index in [1.165, 1.54) is 0 Å². The zero-order chi connectivity index (χ0) is 12.4. The highest BCUT2D eigenvalue weighted by Crippen LogP contribution is 2.24. The van der Waals surface area contributed by atoms with E-state index in [2.05, 4.69) is 18.9 Å². The van der Waals surface area contributed by atoms with Gasteiger partial charge in [-0.25, -0.2) is 0 Å². The lowest BCUT2D eigenvalue weighted by Crippen LogP contribution is -1.99. The zero-order valence-electron chi connectivity index (χ0n) is 10.3. The summed E-state index contributed by atoms with van der Waals surface area (Å²) < 4.78 is 7.56. The maximum Gasteiger partial charge on any atom is 0.165 e. The number of nitrogens with zero attached hydrogens (tertiary/aromatic N) is 2. The number of aryl methyl sites for hydroxylation is 1. The van der Waals surface area contributed by atoms with Crippen molar-refractivity contribution >= 4 is 5.69 Å². The molecule has 0 saturated carbocycles. The van der Waals surface area contributed by atoms with E-state index in [-0.39, 0.29) is 0 Å². The van der Waals surface area contributed by atoms with E-state index in [4.69, 9.17) is 10.5 Å². The van der Waals surface area contributed by atoms with Crippen LogP contribution >= 0.6 is 0 Å². The van der Waals surface area contributed by atoms with Gasteiger partial charge in [-0.3, -0.25) is 4.68 Å². The van der Waals surface area contributed by atoms with Crippen LogP contribution in [0.15, 0.2) is 30.6 Å². The summed E-state index contributed by atoms with van der Waals surface area (Å²) in [6.07, 6.45) is 3.59. The summed E-state index contributed by atoms with van der Waals surface area (Å²) >= 11 is 0. The molecule has 2 aromatic rings. The van der Waals surface area contributed by atoms with Gasteiger partial charge in [0.2, 0.25) is 0 Å². The molecule has 0 aliphatic carbocycles. The molecule has 0 bridgehead atoms. The number of nitrogens with two attached hydrogens (primary N) is 1. The van der Waals surface area contributed by atoms with Gasteiger partial charge in [0.25, 0.3) is 0 Å². The average molecular weight is 231 g/mol. The molecule has 4 nitrogen and oxygen atoms in total. The molecule has 17 heavy (non-hydrogen) atoms. The van der Waals surface area contributed by atoms with E-state index in [0.717, 1.165) is 17.1 Å². The molecular formula is C13H17N3O. The molecule has 90 valence electrons. The van der Waals surface area contributed by atoms with Gasteiger partial charge in [-0.1, -0.05) is 0 Å². The normalized spacial score (nSPS) is 10.8. The molecular weight excluding hydrogens is 214 g/mol. The Morgan fingerprint density at radius 3 is 2.59 bits per heavy atom. The van der Waals surface area contributed by atoms with Crippen molar-refractivity contribution in [1.29, 1.82) is 0 Å². The van der Waals surface area contributed by atoms with Crippen molar-refractivity contribution in [3.63, 3.8) is 0 Å². The van der Waals surface area contributed by atoms with E-state index in [1.807, 2.05) is 29.9 Å². The fraction of sp³-hybridized carbons (Fsp3) is 0.308. The summed E-state index contributed by atoms with van der Waals surface area (Å²) in [6, 6.07) is 5.99. The van der Waals surface area contributed by atoms with Gasteiger partial charge in [-0.05, 0) is 38.5 Å². The number of aromatic nitrogens is 2. The highest BCUT2D eigenvalue weighted by molar-refractivity contribution is 5.48. The molecule has 0 unspecified atom stereocenters. The van der Waals surface area contributed by atoms with Gasteiger partial charge in [0.05, 0.1) is 12.4 Å². The monoisotopic (exact) mass is 231 g/mol. The number of hydrogen-bond donors (Lipinski definition) is 1. The molecule has 0 spiro atoms. The van der Waals surface area contributed by atoms with Crippen molar-refractivity contribution in [2.75, 3.05) is 5.73 Å². The smallest absolute Gasteiger partial charge is 0.165 e. The molecule has 4 heteroatoms. The van der Waals surface area contributed by atoms with Gasteiger partial charge in [-0.15, -0.1) is 0 Å². The topological polar surface area (TPSA) is 53.1 Å². The summed E-state index contributed by atoms with van der Waals surface area (Å²) in [5, 5.41) is 4.22. The van der Waals surface area contributed by atoms with Gasteiger partial charge in [0.15, 0.2) is 5.75 Å². The summed E-state index contributed by atoms with van der Waals surface area (Å²) in [7, 11) is 0. The Balaban J connectivity index is 2.19. The van der Waals surface area contributed by atoms with Crippen LogP contribution in [-0.4, -0.2) is 9.78 Å². The third-order valence-electron chi connectivity index (χ3n) is 2.42. The number of rotatable bonds is 3. The number of anilines is 1. The maximum absolute atomic E-state index is 5.77. The van der Waals surface area contributed by atoms with E-state index < -0.39 is 0 Å². The first-order chi connectivity index (χ1) is 8.04. The Morgan fingerprint density at radius 2 is 2.00 bits per heavy atom. The van der Waals surface area contributed by atoms with Crippen LogP contribution in [0.1, 0.15) is 25.5 Å². The molecule has 0 radical (unpaired) electrons. The van der Waals surface area contributed by atoms with Crippen LogP contribution in [0, 0.1) is 6.92 Å². The summed E-state index contributed by atoms with van der Waals surface area (Å²) in [5.74, 6) is 1.47. The van der Waals surface area contributed by atoms with Gasteiger partial charge >= 0.3 is 0 Å². The molecule has 0 fully saturated rings. The van der Waals surface area contributed by atoms with Crippen molar-refractivity contribution in [1.82, 2.24) is 9.78 Å². The molecule has 0 aliphatic rings. The van der Waals surface area contributed by atoms with Crippen LogP contribution in [0.2, 0.25) is 0 Å². The molecule has 1 heterocycles. The van der Waals surface area contributed by atoms with Gasteiger partial charge < -0.3 is 10.5 Å². The molecule has 1 aromatic heterocycles. The Morgan fingerprint density at radius 1 is 1.24 bits per heavy atom. The molecule has 2 rings (SSSR count). The lowest BCUT2D eigenvalue weighted by molar-refractivity contribution is 0.477. The highest BCUT2D eigenvalue weighted by Gasteiger charge is 2.04. The molecule has 2 N–H and O–H groups in total. The standard InChI is InChI=1S/C13H17N3O/c1-9(2)16-8-13(7-15-16)17-12-5-10(3)4-11(14)6-12/h4-9H,14H2,1-3H3. The van der Waals surface area contributed by atoms with E-state index in [1.54, 1.807) is 12.3 Å². The van der Waals surface area contributed by atoms with Crippen molar-refractivity contribution in [3.05, 3.63) is 36.2 Å². The van der Waals surface area contributed by atoms with Crippen molar-refractivity contribution < 1.29 is 4.74 Å². The number of hydrogen-bond acceptors (Lipinski definition) is 3. The third kappa shape index (κ3) is 2.78. The second kappa shape index (κ2) is 4.49. The van der Waals surface area contributed by atoms with Crippen LogP contribution in [0.4, 0.5) is 5.69 Å². The minimum absolute atomic E-state index is 0.329. The number of ether oxygens (including phenoxy) is 1. The molecule has 0 atom stereocenters. The molecule has 0 aliphatic heterocycles. The van der Waals surface area contributed by atoms with Crippen LogP contribution in [-0.2, 0) is 0 Å². The van der Waals surface area contributed by atoms with Crippen LogP contribution in [0.5, 0.6) is 11.5 Å². The molecule has 0 saturated heterocycles.